The first-order valence-corrected chi connectivity index (χ1v) is 7.62. The van der Waals surface area contributed by atoms with E-state index in [-0.39, 0.29) is 18.5 Å². The molecule has 1 atom stereocenters. The van der Waals surface area contributed by atoms with Gasteiger partial charge in [-0.15, -0.1) is 0 Å². The fraction of sp³-hybridized carbons (Fsp3) is 0.294. The molecule has 1 heterocycles. The van der Waals surface area contributed by atoms with Gasteiger partial charge in [0.25, 0.3) is 0 Å². The Bertz CT molecular complexity index is 664. The summed E-state index contributed by atoms with van der Waals surface area (Å²) in [5.74, 6) is 0.469. The van der Waals surface area contributed by atoms with E-state index >= 15 is 0 Å². The summed E-state index contributed by atoms with van der Waals surface area (Å²) in [6, 6.07) is 9.12. The predicted molar refractivity (Wildman–Crippen MR) is 91.9 cm³/mol. The van der Waals surface area contributed by atoms with Gasteiger partial charge < -0.3 is 10.1 Å². The van der Waals surface area contributed by atoms with Crippen LogP contribution >= 0.6 is 11.6 Å². The fourth-order valence-electron chi connectivity index (χ4n) is 2.19. The van der Waals surface area contributed by atoms with Crippen LogP contribution in [0.25, 0.3) is 0 Å². The lowest BCUT2D eigenvalue weighted by Crippen LogP contribution is -2.32. The third-order valence-corrected chi connectivity index (χ3v) is 3.95. The molecule has 0 spiro atoms. The molecule has 2 aromatic rings. The van der Waals surface area contributed by atoms with E-state index in [0.717, 1.165) is 5.56 Å². The number of nitrogens with zero attached hydrogens (tertiary/aromatic N) is 2. The second-order valence-electron chi connectivity index (χ2n) is 5.27. The number of ether oxygens (including phenoxy) is 1. The SMILES string of the molecule is COc1ccc(NC(=O)CN(C)C(C)c2cccnc2)cc1Cl. The van der Waals surface area contributed by atoms with E-state index < -0.39 is 0 Å². The molecule has 0 radical (unpaired) electrons. The van der Waals surface area contributed by atoms with Crippen LogP contribution in [0, 0.1) is 0 Å². The Balaban J connectivity index is 1.95. The number of anilines is 1. The number of carbonyl (C=O) groups is 1. The standard InChI is InChI=1S/C17H20ClN3O2/c1-12(13-5-4-8-19-10-13)21(2)11-17(22)20-14-6-7-16(23-3)15(18)9-14/h4-10,12H,11H2,1-3H3,(H,20,22). The van der Waals surface area contributed by atoms with Crippen molar-refractivity contribution in [2.45, 2.75) is 13.0 Å². The van der Waals surface area contributed by atoms with Crippen molar-refractivity contribution in [2.75, 3.05) is 26.0 Å². The van der Waals surface area contributed by atoms with E-state index in [0.29, 0.717) is 16.5 Å². The molecule has 6 heteroatoms. The molecule has 23 heavy (non-hydrogen) atoms. The maximum absolute atomic E-state index is 12.2. The van der Waals surface area contributed by atoms with E-state index in [2.05, 4.69) is 10.3 Å². The molecule has 5 nitrogen and oxygen atoms in total. The topological polar surface area (TPSA) is 54.5 Å². The molecular weight excluding hydrogens is 314 g/mol. The first-order valence-electron chi connectivity index (χ1n) is 7.25. The third kappa shape index (κ3) is 4.68. The van der Waals surface area contributed by atoms with Crippen LogP contribution in [-0.2, 0) is 4.79 Å². The van der Waals surface area contributed by atoms with E-state index in [9.17, 15) is 4.79 Å². The molecule has 0 bridgehead atoms. The van der Waals surface area contributed by atoms with Crippen LogP contribution in [0.2, 0.25) is 5.02 Å². The molecule has 1 N–H and O–H groups in total. The van der Waals surface area contributed by atoms with Gasteiger partial charge in [-0.1, -0.05) is 17.7 Å². The Kier molecular flexibility index (Phi) is 5.96. The maximum Gasteiger partial charge on any atom is 0.238 e. The second-order valence-corrected chi connectivity index (χ2v) is 5.68. The largest absolute Gasteiger partial charge is 0.495 e. The number of nitrogens with one attached hydrogen (secondary N) is 1. The molecule has 0 aliphatic rings. The number of pyridine rings is 1. The number of carbonyl (C=O) groups excluding carboxylic acids is 1. The van der Waals surface area contributed by atoms with Crippen molar-refractivity contribution in [1.82, 2.24) is 9.88 Å². The molecule has 2 rings (SSSR count). The lowest BCUT2D eigenvalue weighted by molar-refractivity contribution is -0.117. The molecular formula is C17H20ClN3O2. The lowest BCUT2D eigenvalue weighted by atomic mass is 10.1. The summed E-state index contributed by atoms with van der Waals surface area (Å²) in [6.07, 6.45) is 3.54. The van der Waals surface area contributed by atoms with Crippen LogP contribution < -0.4 is 10.1 Å². The summed E-state index contributed by atoms with van der Waals surface area (Å²) in [5.41, 5.74) is 1.71. The van der Waals surface area contributed by atoms with Gasteiger partial charge >= 0.3 is 0 Å². The number of benzene rings is 1. The van der Waals surface area contributed by atoms with Crippen LogP contribution in [0.1, 0.15) is 18.5 Å². The van der Waals surface area contributed by atoms with Crippen molar-refractivity contribution in [1.29, 1.82) is 0 Å². The van der Waals surface area contributed by atoms with Crippen molar-refractivity contribution in [3.8, 4) is 5.75 Å². The van der Waals surface area contributed by atoms with Gasteiger partial charge in [-0.05, 0) is 43.8 Å². The zero-order chi connectivity index (χ0) is 16.8. The Labute approximate surface area is 141 Å². The van der Waals surface area contributed by atoms with Crippen molar-refractivity contribution in [3.05, 3.63) is 53.3 Å². The minimum atomic E-state index is -0.107. The van der Waals surface area contributed by atoms with Crippen molar-refractivity contribution < 1.29 is 9.53 Å². The average molecular weight is 334 g/mol. The molecule has 0 saturated carbocycles. The number of halogens is 1. The summed E-state index contributed by atoms with van der Waals surface area (Å²) < 4.78 is 5.09. The Morgan fingerprint density at radius 3 is 2.83 bits per heavy atom. The van der Waals surface area contributed by atoms with Crippen LogP contribution in [0.4, 0.5) is 5.69 Å². The average Bonchev–Trinajstić information content (AvgIpc) is 2.55. The van der Waals surface area contributed by atoms with Gasteiger partial charge in [0.05, 0.1) is 18.7 Å². The van der Waals surface area contributed by atoms with Crippen molar-refractivity contribution >= 4 is 23.2 Å². The molecule has 1 aromatic heterocycles. The molecule has 0 saturated heterocycles. The van der Waals surface area contributed by atoms with Gasteiger partial charge in [0.2, 0.25) is 5.91 Å². The van der Waals surface area contributed by atoms with Gasteiger partial charge in [0.1, 0.15) is 5.75 Å². The molecule has 0 aliphatic heterocycles. The number of likely N-dealkylation sites (N-methyl/N-ethyl adjacent to an activating group) is 1. The smallest absolute Gasteiger partial charge is 0.238 e. The minimum Gasteiger partial charge on any atom is -0.495 e. The molecule has 122 valence electrons. The highest BCUT2D eigenvalue weighted by molar-refractivity contribution is 6.32. The van der Waals surface area contributed by atoms with Crippen LogP contribution in [0.3, 0.4) is 0 Å². The van der Waals surface area contributed by atoms with Gasteiger partial charge in [0, 0.05) is 24.1 Å². The number of rotatable bonds is 6. The number of methoxy groups -OCH3 is 1. The molecule has 1 amide bonds. The highest BCUT2D eigenvalue weighted by atomic mass is 35.5. The lowest BCUT2D eigenvalue weighted by Gasteiger charge is -2.24. The molecule has 0 fully saturated rings. The summed E-state index contributed by atoms with van der Waals surface area (Å²) in [5, 5.41) is 3.30. The third-order valence-electron chi connectivity index (χ3n) is 3.66. The normalized spacial score (nSPS) is 12.0. The number of hydrogen-bond donors (Lipinski definition) is 1. The van der Waals surface area contributed by atoms with E-state index in [1.165, 1.54) is 0 Å². The highest BCUT2D eigenvalue weighted by Gasteiger charge is 2.15. The number of amides is 1. The second kappa shape index (κ2) is 7.94. The molecule has 1 aromatic carbocycles. The van der Waals surface area contributed by atoms with E-state index in [1.54, 1.807) is 31.5 Å². The van der Waals surface area contributed by atoms with Crippen LogP contribution in [0.5, 0.6) is 5.75 Å². The first kappa shape index (κ1) is 17.2. The zero-order valence-corrected chi connectivity index (χ0v) is 14.2. The zero-order valence-electron chi connectivity index (χ0n) is 13.4. The monoisotopic (exact) mass is 333 g/mol. The summed E-state index contributed by atoms with van der Waals surface area (Å²) >= 11 is 6.06. The van der Waals surface area contributed by atoms with E-state index in [4.69, 9.17) is 16.3 Å². The van der Waals surface area contributed by atoms with Crippen molar-refractivity contribution in [2.24, 2.45) is 0 Å². The molecule has 0 aliphatic carbocycles. The van der Waals surface area contributed by atoms with Crippen molar-refractivity contribution in [3.63, 3.8) is 0 Å². The predicted octanol–water partition coefficient (Wildman–Crippen LogP) is 3.38. The summed E-state index contributed by atoms with van der Waals surface area (Å²) in [7, 11) is 3.45. The van der Waals surface area contributed by atoms with Gasteiger partial charge in [0.15, 0.2) is 0 Å². The summed E-state index contributed by atoms with van der Waals surface area (Å²) in [6.45, 7) is 2.30. The van der Waals surface area contributed by atoms with Gasteiger partial charge in [-0.2, -0.15) is 0 Å². The van der Waals surface area contributed by atoms with Crippen LogP contribution in [-0.4, -0.2) is 36.5 Å². The Morgan fingerprint density at radius 1 is 1.43 bits per heavy atom. The number of hydrogen-bond acceptors (Lipinski definition) is 4. The Morgan fingerprint density at radius 2 is 2.22 bits per heavy atom. The van der Waals surface area contributed by atoms with Crippen LogP contribution in [0.15, 0.2) is 42.7 Å². The first-order chi connectivity index (χ1) is 11.0. The van der Waals surface area contributed by atoms with Gasteiger partial charge in [-0.25, -0.2) is 0 Å². The molecule has 1 unspecified atom stereocenters. The quantitative estimate of drug-likeness (QED) is 0.880. The fourth-order valence-corrected chi connectivity index (χ4v) is 2.44. The summed E-state index contributed by atoms with van der Waals surface area (Å²) in [4.78, 5) is 18.2. The van der Waals surface area contributed by atoms with E-state index in [1.807, 2.05) is 37.2 Å². The minimum absolute atomic E-state index is 0.0916. The highest BCUT2D eigenvalue weighted by Crippen LogP contribution is 2.27. The Hall–Kier alpha value is -2.11. The number of aromatic nitrogens is 1. The maximum atomic E-state index is 12.2. The van der Waals surface area contributed by atoms with Gasteiger partial charge in [-0.3, -0.25) is 14.7 Å².